The number of rotatable bonds is 6. The Morgan fingerprint density at radius 3 is 3.00 bits per heavy atom. The Morgan fingerprint density at radius 1 is 1.29 bits per heavy atom. The molecule has 0 spiro atoms. The molecule has 2 aliphatic rings. The fourth-order valence-corrected chi connectivity index (χ4v) is 4.68. The Morgan fingerprint density at radius 2 is 2.14 bits per heavy atom. The van der Waals surface area contributed by atoms with Gasteiger partial charge in [0, 0.05) is 25.0 Å². The molecular weight excluding hydrogens is 278 g/mol. The van der Waals surface area contributed by atoms with E-state index in [1.165, 1.54) is 62.3 Å². The van der Waals surface area contributed by atoms with Gasteiger partial charge < -0.3 is 5.32 Å². The molecule has 1 N–H and O–H groups in total. The highest BCUT2D eigenvalue weighted by atomic mass is 32.1. The number of hydrogen-bond donors (Lipinski definition) is 1. The lowest BCUT2D eigenvalue weighted by Crippen LogP contribution is -2.41. The minimum Gasteiger partial charge on any atom is -0.310 e. The second kappa shape index (κ2) is 7.70. The van der Waals surface area contributed by atoms with Gasteiger partial charge in [-0.25, -0.2) is 4.98 Å². The van der Waals surface area contributed by atoms with Crippen LogP contribution in [0.5, 0.6) is 0 Å². The summed E-state index contributed by atoms with van der Waals surface area (Å²) in [7, 11) is 0. The molecule has 21 heavy (non-hydrogen) atoms. The second-order valence-electron chi connectivity index (χ2n) is 6.74. The molecule has 118 valence electrons. The van der Waals surface area contributed by atoms with Crippen LogP contribution in [0.15, 0.2) is 5.38 Å². The molecule has 0 aromatic carbocycles. The number of hydrogen-bond acceptors (Lipinski definition) is 4. The first-order valence-corrected chi connectivity index (χ1v) is 9.59. The molecule has 1 aromatic heterocycles. The Balaban J connectivity index is 1.48. The third-order valence-corrected chi connectivity index (χ3v) is 5.96. The van der Waals surface area contributed by atoms with E-state index >= 15 is 0 Å². The van der Waals surface area contributed by atoms with E-state index in [-0.39, 0.29) is 0 Å². The SMILES string of the molecule is CCCNCc1nc(CN2CCC3CCCCC3C2)cs1. The lowest BCUT2D eigenvalue weighted by atomic mass is 9.75. The molecule has 0 bridgehead atoms. The van der Waals surface area contributed by atoms with Crippen molar-refractivity contribution < 1.29 is 0 Å². The maximum absolute atomic E-state index is 4.79. The van der Waals surface area contributed by atoms with Crippen LogP contribution in [-0.4, -0.2) is 29.5 Å². The predicted octanol–water partition coefficient (Wildman–Crippen LogP) is 3.65. The van der Waals surface area contributed by atoms with Gasteiger partial charge >= 0.3 is 0 Å². The van der Waals surface area contributed by atoms with Gasteiger partial charge in [0.25, 0.3) is 0 Å². The van der Waals surface area contributed by atoms with Gasteiger partial charge in [0.05, 0.1) is 5.69 Å². The van der Waals surface area contributed by atoms with Crippen LogP contribution >= 0.6 is 11.3 Å². The van der Waals surface area contributed by atoms with Crippen molar-refractivity contribution in [3.8, 4) is 0 Å². The first-order chi connectivity index (χ1) is 10.3. The van der Waals surface area contributed by atoms with Crippen molar-refractivity contribution in [1.29, 1.82) is 0 Å². The predicted molar refractivity (Wildman–Crippen MR) is 89.5 cm³/mol. The summed E-state index contributed by atoms with van der Waals surface area (Å²) in [6.45, 7) is 7.88. The minimum atomic E-state index is 0.934. The normalized spacial score (nSPS) is 26.7. The molecule has 1 aliphatic heterocycles. The third kappa shape index (κ3) is 4.27. The quantitative estimate of drug-likeness (QED) is 0.813. The fourth-order valence-electron chi connectivity index (χ4n) is 3.92. The van der Waals surface area contributed by atoms with Crippen LogP contribution in [0.2, 0.25) is 0 Å². The van der Waals surface area contributed by atoms with Crippen LogP contribution in [0.25, 0.3) is 0 Å². The highest BCUT2D eigenvalue weighted by Gasteiger charge is 2.31. The molecule has 1 aliphatic carbocycles. The summed E-state index contributed by atoms with van der Waals surface area (Å²) in [6, 6.07) is 0. The van der Waals surface area contributed by atoms with Crippen molar-refractivity contribution in [3.05, 3.63) is 16.1 Å². The van der Waals surface area contributed by atoms with Gasteiger partial charge in [-0.1, -0.05) is 26.2 Å². The standard InChI is InChI=1S/C17H29N3S/c1-2-8-18-10-17-19-16(13-21-17)12-20-9-7-14-5-3-4-6-15(14)11-20/h13-15,18H,2-12H2,1H3. The Kier molecular flexibility index (Phi) is 5.67. The first-order valence-electron chi connectivity index (χ1n) is 8.71. The number of fused-ring (bicyclic) bond motifs is 1. The van der Waals surface area contributed by atoms with Gasteiger partial charge in [-0.3, -0.25) is 4.90 Å². The van der Waals surface area contributed by atoms with Crippen molar-refractivity contribution in [2.45, 2.75) is 58.5 Å². The topological polar surface area (TPSA) is 28.2 Å². The Labute approximate surface area is 133 Å². The summed E-state index contributed by atoms with van der Waals surface area (Å²) in [5.41, 5.74) is 1.28. The molecule has 2 unspecified atom stereocenters. The third-order valence-electron chi connectivity index (χ3n) is 5.06. The Bertz CT molecular complexity index is 431. The maximum atomic E-state index is 4.79. The number of nitrogens with zero attached hydrogens (tertiary/aromatic N) is 2. The summed E-state index contributed by atoms with van der Waals surface area (Å²) < 4.78 is 0. The molecule has 1 saturated heterocycles. The van der Waals surface area contributed by atoms with Crippen molar-refractivity contribution in [3.63, 3.8) is 0 Å². The zero-order valence-electron chi connectivity index (χ0n) is 13.3. The molecule has 0 amide bonds. The van der Waals surface area contributed by atoms with E-state index in [0.29, 0.717) is 0 Å². The molecule has 4 heteroatoms. The summed E-state index contributed by atoms with van der Waals surface area (Å²) >= 11 is 1.81. The molecule has 1 aromatic rings. The van der Waals surface area contributed by atoms with Gasteiger partial charge in [0.2, 0.25) is 0 Å². The van der Waals surface area contributed by atoms with Crippen LogP contribution < -0.4 is 5.32 Å². The number of aromatic nitrogens is 1. The molecule has 2 fully saturated rings. The first kappa shape index (κ1) is 15.4. The zero-order valence-corrected chi connectivity index (χ0v) is 14.1. The van der Waals surface area contributed by atoms with Crippen LogP contribution in [-0.2, 0) is 13.1 Å². The van der Waals surface area contributed by atoms with Gasteiger partial charge in [0.1, 0.15) is 5.01 Å². The molecule has 3 nitrogen and oxygen atoms in total. The number of piperidine rings is 1. The van der Waals surface area contributed by atoms with E-state index in [9.17, 15) is 0 Å². The molecular formula is C17H29N3S. The summed E-state index contributed by atoms with van der Waals surface area (Å²) in [4.78, 5) is 7.44. The maximum Gasteiger partial charge on any atom is 0.107 e. The zero-order chi connectivity index (χ0) is 14.5. The Hall–Kier alpha value is -0.450. The van der Waals surface area contributed by atoms with E-state index in [0.717, 1.165) is 31.5 Å². The highest BCUT2D eigenvalue weighted by Crippen LogP contribution is 2.36. The van der Waals surface area contributed by atoms with Gasteiger partial charge in [-0.15, -0.1) is 11.3 Å². The van der Waals surface area contributed by atoms with E-state index in [1.807, 2.05) is 11.3 Å². The van der Waals surface area contributed by atoms with Crippen molar-refractivity contribution in [2.24, 2.45) is 11.8 Å². The molecule has 0 radical (unpaired) electrons. The minimum absolute atomic E-state index is 0.934. The van der Waals surface area contributed by atoms with Gasteiger partial charge in [0.15, 0.2) is 0 Å². The smallest absolute Gasteiger partial charge is 0.107 e. The van der Waals surface area contributed by atoms with Gasteiger partial charge in [-0.05, 0) is 44.2 Å². The molecule has 1 saturated carbocycles. The number of thiazole rings is 1. The average molecular weight is 308 g/mol. The monoisotopic (exact) mass is 307 g/mol. The number of nitrogens with one attached hydrogen (secondary N) is 1. The summed E-state index contributed by atoms with van der Waals surface area (Å²) in [5.74, 6) is 2.00. The van der Waals surface area contributed by atoms with E-state index in [1.54, 1.807) is 0 Å². The number of likely N-dealkylation sites (tertiary alicyclic amines) is 1. The van der Waals surface area contributed by atoms with E-state index in [4.69, 9.17) is 4.98 Å². The molecule has 2 heterocycles. The van der Waals surface area contributed by atoms with Crippen molar-refractivity contribution in [1.82, 2.24) is 15.2 Å². The molecule has 2 atom stereocenters. The summed E-state index contributed by atoms with van der Waals surface area (Å²) in [5, 5.41) is 6.94. The molecule has 3 rings (SSSR count). The fraction of sp³-hybridized carbons (Fsp3) is 0.824. The van der Waals surface area contributed by atoms with Crippen LogP contribution in [0.4, 0.5) is 0 Å². The van der Waals surface area contributed by atoms with Crippen LogP contribution in [0.1, 0.15) is 56.2 Å². The average Bonchev–Trinajstić information content (AvgIpc) is 2.95. The highest BCUT2D eigenvalue weighted by molar-refractivity contribution is 7.09. The summed E-state index contributed by atoms with van der Waals surface area (Å²) in [6.07, 6.45) is 8.49. The second-order valence-corrected chi connectivity index (χ2v) is 7.68. The van der Waals surface area contributed by atoms with E-state index in [2.05, 4.69) is 22.5 Å². The van der Waals surface area contributed by atoms with Crippen LogP contribution in [0.3, 0.4) is 0 Å². The van der Waals surface area contributed by atoms with Crippen molar-refractivity contribution >= 4 is 11.3 Å². The van der Waals surface area contributed by atoms with Crippen molar-refractivity contribution in [2.75, 3.05) is 19.6 Å². The van der Waals surface area contributed by atoms with Gasteiger partial charge in [-0.2, -0.15) is 0 Å². The van der Waals surface area contributed by atoms with E-state index < -0.39 is 0 Å². The largest absolute Gasteiger partial charge is 0.310 e. The lowest BCUT2D eigenvalue weighted by Gasteiger charge is -2.41. The van der Waals surface area contributed by atoms with Crippen LogP contribution in [0, 0.1) is 11.8 Å². The lowest BCUT2D eigenvalue weighted by molar-refractivity contribution is 0.0813.